The number of carbonyl (C=O) groups excluding carboxylic acids is 1. The predicted molar refractivity (Wildman–Crippen MR) is 96.0 cm³/mol. The first-order valence-electron chi connectivity index (χ1n) is 7.66. The quantitative estimate of drug-likeness (QED) is 0.669. The standard InChI is InChI=1S/C19H15F2NO3S/c1-24-15-4-2-3-14(9-15)22-19(23)18-7-12(11-26-18)10-25-17-6-5-13(20)8-16(17)21/h2-9,11H,10H2,1H3,(H,22,23). The molecule has 0 bridgehead atoms. The lowest BCUT2D eigenvalue weighted by atomic mass is 10.2. The van der Waals surface area contributed by atoms with Crippen LogP contribution in [0.5, 0.6) is 11.5 Å². The molecule has 4 nitrogen and oxygen atoms in total. The van der Waals surface area contributed by atoms with E-state index in [1.54, 1.807) is 42.8 Å². The van der Waals surface area contributed by atoms with Gasteiger partial charge >= 0.3 is 0 Å². The zero-order chi connectivity index (χ0) is 18.5. The number of rotatable bonds is 6. The van der Waals surface area contributed by atoms with Crippen LogP contribution in [0.4, 0.5) is 14.5 Å². The van der Waals surface area contributed by atoms with Crippen molar-refractivity contribution < 1.29 is 23.0 Å². The number of thiophene rings is 1. The van der Waals surface area contributed by atoms with Gasteiger partial charge < -0.3 is 14.8 Å². The monoisotopic (exact) mass is 375 g/mol. The molecule has 7 heteroatoms. The van der Waals surface area contributed by atoms with E-state index in [1.165, 1.54) is 17.4 Å². The van der Waals surface area contributed by atoms with Crippen LogP contribution in [0.1, 0.15) is 15.2 Å². The van der Waals surface area contributed by atoms with Crippen molar-refractivity contribution in [1.82, 2.24) is 0 Å². The summed E-state index contributed by atoms with van der Waals surface area (Å²) in [6.07, 6.45) is 0. The van der Waals surface area contributed by atoms with E-state index in [9.17, 15) is 13.6 Å². The summed E-state index contributed by atoms with van der Waals surface area (Å²) in [5, 5.41) is 4.54. The summed E-state index contributed by atoms with van der Waals surface area (Å²) in [6.45, 7) is 0.0749. The van der Waals surface area contributed by atoms with Crippen LogP contribution in [-0.4, -0.2) is 13.0 Å². The highest BCUT2D eigenvalue weighted by molar-refractivity contribution is 7.12. The number of methoxy groups -OCH3 is 1. The predicted octanol–water partition coefficient (Wildman–Crippen LogP) is 4.87. The fraction of sp³-hybridized carbons (Fsp3) is 0.105. The first-order chi connectivity index (χ1) is 12.5. The van der Waals surface area contributed by atoms with Gasteiger partial charge in [-0.1, -0.05) is 6.07 Å². The minimum absolute atomic E-state index is 0.0417. The van der Waals surface area contributed by atoms with Gasteiger partial charge in [0.2, 0.25) is 0 Å². The van der Waals surface area contributed by atoms with Crippen LogP contribution in [0.15, 0.2) is 53.9 Å². The highest BCUT2D eigenvalue weighted by atomic mass is 32.1. The molecule has 0 spiro atoms. The molecule has 0 aliphatic rings. The van der Waals surface area contributed by atoms with E-state index in [0.717, 1.165) is 17.7 Å². The molecule has 1 heterocycles. The van der Waals surface area contributed by atoms with Gasteiger partial charge in [-0.2, -0.15) is 0 Å². The Morgan fingerprint density at radius 1 is 1.15 bits per heavy atom. The molecule has 3 aromatic rings. The molecule has 0 atom stereocenters. The second-order valence-electron chi connectivity index (χ2n) is 5.37. The van der Waals surface area contributed by atoms with E-state index >= 15 is 0 Å². The van der Waals surface area contributed by atoms with E-state index in [1.807, 2.05) is 0 Å². The third kappa shape index (κ3) is 4.37. The molecule has 0 unspecified atom stereocenters. The van der Waals surface area contributed by atoms with Crippen LogP contribution in [0.25, 0.3) is 0 Å². The summed E-state index contributed by atoms with van der Waals surface area (Å²) >= 11 is 1.25. The van der Waals surface area contributed by atoms with E-state index in [2.05, 4.69) is 5.32 Å². The fourth-order valence-electron chi connectivity index (χ4n) is 2.22. The van der Waals surface area contributed by atoms with E-state index in [0.29, 0.717) is 16.3 Å². The maximum atomic E-state index is 13.6. The Hall–Kier alpha value is -2.93. The van der Waals surface area contributed by atoms with Crippen LogP contribution in [0.3, 0.4) is 0 Å². The van der Waals surface area contributed by atoms with Crippen molar-refractivity contribution in [1.29, 1.82) is 0 Å². The molecule has 3 rings (SSSR count). The van der Waals surface area contributed by atoms with E-state index in [-0.39, 0.29) is 18.3 Å². The molecule has 0 fully saturated rings. The Morgan fingerprint density at radius 2 is 2.00 bits per heavy atom. The molecule has 1 aromatic heterocycles. The molecule has 0 saturated carbocycles. The minimum Gasteiger partial charge on any atom is -0.497 e. The molecule has 1 N–H and O–H groups in total. The average Bonchev–Trinajstić information content (AvgIpc) is 3.10. The summed E-state index contributed by atoms with van der Waals surface area (Å²) in [5.41, 5.74) is 1.34. The number of hydrogen-bond donors (Lipinski definition) is 1. The van der Waals surface area contributed by atoms with E-state index in [4.69, 9.17) is 9.47 Å². The molecule has 26 heavy (non-hydrogen) atoms. The summed E-state index contributed by atoms with van der Waals surface area (Å²) in [7, 11) is 1.55. The van der Waals surface area contributed by atoms with Crippen molar-refractivity contribution in [2.75, 3.05) is 12.4 Å². The lowest BCUT2D eigenvalue weighted by Crippen LogP contribution is -2.10. The molecule has 0 aliphatic carbocycles. The fourth-order valence-corrected chi connectivity index (χ4v) is 3.01. The Kier molecular flexibility index (Phi) is 5.48. The lowest BCUT2D eigenvalue weighted by Gasteiger charge is -2.06. The minimum atomic E-state index is -0.767. The molecule has 0 aliphatic heterocycles. The molecule has 1 amide bonds. The third-order valence-corrected chi connectivity index (χ3v) is 4.47. The molecule has 134 valence electrons. The molecular weight excluding hydrogens is 360 g/mol. The number of amides is 1. The van der Waals surface area contributed by atoms with Gasteiger partial charge in [0.25, 0.3) is 5.91 Å². The molecular formula is C19H15F2NO3S. The normalized spacial score (nSPS) is 10.4. The first-order valence-corrected chi connectivity index (χ1v) is 8.54. The van der Waals surface area contributed by atoms with Crippen molar-refractivity contribution in [3.8, 4) is 11.5 Å². The van der Waals surface area contributed by atoms with Gasteiger partial charge in [0, 0.05) is 23.4 Å². The van der Waals surface area contributed by atoms with Gasteiger partial charge in [0.15, 0.2) is 11.6 Å². The number of ether oxygens (including phenoxy) is 2. The Morgan fingerprint density at radius 3 is 2.77 bits per heavy atom. The SMILES string of the molecule is COc1cccc(NC(=O)c2cc(COc3ccc(F)cc3F)cs2)c1. The summed E-state index contributed by atoms with van der Waals surface area (Å²) in [5.74, 6) is -1.09. The maximum Gasteiger partial charge on any atom is 0.265 e. The number of anilines is 1. The van der Waals surface area contributed by atoms with Crippen molar-refractivity contribution >= 4 is 22.9 Å². The zero-order valence-corrected chi connectivity index (χ0v) is 14.6. The Balaban J connectivity index is 1.62. The summed E-state index contributed by atoms with van der Waals surface area (Å²) < 4.78 is 36.9. The summed E-state index contributed by atoms with van der Waals surface area (Å²) in [6, 6.07) is 11.8. The van der Waals surface area contributed by atoms with Crippen molar-refractivity contribution in [3.63, 3.8) is 0 Å². The molecule has 0 saturated heterocycles. The van der Waals surface area contributed by atoms with Gasteiger partial charge in [0.05, 0.1) is 12.0 Å². The maximum absolute atomic E-state index is 13.6. The third-order valence-electron chi connectivity index (χ3n) is 3.49. The number of nitrogens with one attached hydrogen (secondary N) is 1. The van der Waals surface area contributed by atoms with E-state index < -0.39 is 11.6 Å². The number of hydrogen-bond acceptors (Lipinski definition) is 4. The van der Waals surface area contributed by atoms with Crippen LogP contribution in [0.2, 0.25) is 0 Å². The number of halogens is 2. The number of benzene rings is 2. The summed E-state index contributed by atoms with van der Waals surface area (Å²) in [4.78, 5) is 12.8. The smallest absolute Gasteiger partial charge is 0.265 e. The van der Waals surface area contributed by atoms with Gasteiger partial charge in [0.1, 0.15) is 18.2 Å². The highest BCUT2D eigenvalue weighted by Gasteiger charge is 2.11. The van der Waals surface area contributed by atoms with Gasteiger partial charge in [-0.15, -0.1) is 11.3 Å². The van der Waals surface area contributed by atoms with Crippen LogP contribution in [-0.2, 0) is 6.61 Å². The Bertz CT molecular complexity index is 927. The topological polar surface area (TPSA) is 47.6 Å². The van der Waals surface area contributed by atoms with Crippen LogP contribution >= 0.6 is 11.3 Å². The molecule has 2 aromatic carbocycles. The van der Waals surface area contributed by atoms with Crippen molar-refractivity contribution in [3.05, 3.63) is 76.0 Å². The Labute approximate surface area is 153 Å². The average molecular weight is 375 g/mol. The van der Waals surface area contributed by atoms with Gasteiger partial charge in [-0.05, 0) is 35.7 Å². The second-order valence-corrected chi connectivity index (χ2v) is 6.28. The second kappa shape index (κ2) is 7.97. The number of carbonyl (C=O) groups is 1. The van der Waals surface area contributed by atoms with Crippen LogP contribution < -0.4 is 14.8 Å². The van der Waals surface area contributed by atoms with Crippen molar-refractivity contribution in [2.24, 2.45) is 0 Å². The van der Waals surface area contributed by atoms with Crippen molar-refractivity contribution in [2.45, 2.75) is 6.61 Å². The lowest BCUT2D eigenvalue weighted by molar-refractivity contribution is 0.103. The van der Waals surface area contributed by atoms with Gasteiger partial charge in [-0.25, -0.2) is 8.78 Å². The largest absolute Gasteiger partial charge is 0.497 e. The highest BCUT2D eigenvalue weighted by Crippen LogP contribution is 2.22. The zero-order valence-electron chi connectivity index (χ0n) is 13.8. The van der Waals surface area contributed by atoms with Crippen LogP contribution in [0, 0.1) is 11.6 Å². The van der Waals surface area contributed by atoms with Gasteiger partial charge in [-0.3, -0.25) is 4.79 Å². The molecule has 0 radical (unpaired) electrons. The first kappa shape index (κ1) is 17.9.